The van der Waals surface area contributed by atoms with Gasteiger partial charge in [-0.15, -0.1) is 0 Å². The molecule has 0 aliphatic carbocycles. The molecule has 1 fully saturated rings. The highest BCUT2D eigenvalue weighted by Gasteiger charge is 2.24. The van der Waals surface area contributed by atoms with Crippen molar-refractivity contribution in [3.05, 3.63) is 29.8 Å². The Labute approximate surface area is 199 Å². The van der Waals surface area contributed by atoms with Gasteiger partial charge in [0.25, 0.3) is 5.91 Å². The number of benzene rings is 1. The molecule has 1 saturated heterocycles. The van der Waals surface area contributed by atoms with Gasteiger partial charge >= 0.3 is 12.1 Å². The van der Waals surface area contributed by atoms with Crippen LogP contribution in [0.1, 0.15) is 44.0 Å². The van der Waals surface area contributed by atoms with Crippen LogP contribution in [0.5, 0.6) is 0 Å². The lowest BCUT2D eigenvalue weighted by atomic mass is 10.1. The minimum atomic E-state index is -1.16. The van der Waals surface area contributed by atoms with Crippen molar-refractivity contribution < 1.29 is 24.2 Å². The predicted molar refractivity (Wildman–Crippen MR) is 128 cm³/mol. The fraction of sp³-hybridized carbons (Fsp3) is 0.565. The molecule has 2 heterocycles. The fourth-order valence-electron chi connectivity index (χ4n) is 3.74. The van der Waals surface area contributed by atoms with E-state index >= 15 is 0 Å². The van der Waals surface area contributed by atoms with Crippen molar-refractivity contribution in [1.82, 2.24) is 20.9 Å². The molecule has 2 aliphatic heterocycles. The standard InChI is InChI=1S/C23H34N6O5/c1-23(2,3)34-22(33)27-18(15-19(30)31)26-20(32)16-5-7-17(8-6-16)28-11-13-29(14-12-28)21-24-9-4-10-25-21/h5-8,18H,4,9-15H2,1-3H3,(H,24,25)(H,26,32)(H,27,33)(H,30,31). The number of piperazine rings is 1. The van der Waals surface area contributed by atoms with Gasteiger partial charge in [-0.1, -0.05) is 0 Å². The molecule has 3 rings (SSSR count). The number of amides is 2. The van der Waals surface area contributed by atoms with Gasteiger partial charge in [0, 0.05) is 50.5 Å². The molecule has 186 valence electrons. The number of anilines is 1. The van der Waals surface area contributed by atoms with Crippen LogP contribution >= 0.6 is 0 Å². The second-order valence-electron chi connectivity index (χ2n) is 9.28. The van der Waals surface area contributed by atoms with Crippen LogP contribution in [0.2, 0.25) is 0 Å². The highest BCUT2D eigenvalue weighted by Crippen LogP contribution is 2.18. The first-order chi connectivity index (χ1) is 16.1. The average molecular weight is 475 g/mol. The molecule has 2 aliphatic rings. The molecule has 0 spiro atoms. The molecule has 1 unspecified atom stereocenters. The number of carboxylic acids is 1. The summed E-state index contributed by atoms with van der Waals surface area (Å²) in [6.45, 7) is 10.3. The van der Waals surface area contributed by atoms with Crippen molar-refractivity contribution in [2.24, 2.45) is 4.99 Å². The smallest absolute Gasteiger partial charge is 0.409 e. The quantitative estimate of drug-likeness (QED) is 0.452. The number of aliphatic carboxylic acids is 1. The van der Waals surface area contributed by atoms with E-state index in [0.717, 1.165) is 57.3 Å². The Morgan fingerprint density at radius 1 is 1.09 bits per heavy atom. The lowest BCUT2D eigenvalue weighted by Crippen LogP contribution is -2.53. The van der Waals surface area contributed by atoms with Gasteiger partial charge in [-0.25, -0.2) is 4.79 Å². The third-order valence-corrected chi connectivity index (χ3v) is 5.33. The van der Waals surface area contributed by atoms with E-state index in [4.69, 9.17) is 9.84 Å². The lowest BCUT2D eigenvalue weighted by molar-refractivity contribution is -0.137. The van der Waals surface area contributed by atoms with E-state index in [0.29, 0.717) is 5.56 Å². The SMILES string of the molecule is CC(C)(C)OC(=O)NC(CC(=O)O)NC(=O)c1ccc(N2CCN(C3=NCCCN3)CC2)cc1. The molecule has 1 atom stereocenters. The maximum absolute atomic E-state index is 12.7. The predicted octanol–water partition coefficient (Wildman–Crippen LogP) is 1.21. The Morgan fingerprint density at radius 2 is 1.74 bits per heavy atom. The van der Waals surface area contributed by atoms with Gasteiger partial charge < -0.3 is 35.6 Å². The lowest BCUT2D eigenvalue weighted by Gasteiger charge is -2.38. The number of alkyl carbamates (subject to hydrolysis) is 1. The van der Waals surface area contributed by atoms with E-state index in [-0.39, 0.29) is 0 Å². The van der Waals surface area contributed by atoms with Crippen molar-refractivity contribution in [1.29, 1.82) is 0 Å². The number of carbonyl (C=O) groups is 3. The molecule has 34 heavy (non-hydrogen) atoms. The van der Waals surface area contributed by atoms with Crippen LogP contribution in [0.3, 0.4) is 0 Å². The second-order valence-corrected chi connectivity index (χ2v) is 9.28. The molecule has 4 N–H and O–H groups in total. The zero-order chi connectivity index (χ0) is 24.7. The van der Waals surface area contributed by atoms with Crippen LogP contribution in [0, 0.1) is 0 Å². The van der Waals surface area contributed by atoms with Crippen molar-refractivity contribution in [3.63, 3.8) is 0 Å². The summed E-state index contributed by atoms with van der Waals surface area (Å²) in [4.78, 5) is 44.9. The van der Waals surface area contributed by atoms with Gasteiger partial charge in [-0.2, -0.15) is 0 Å². The Kier molecular flexibility index (Phi) is 8.19. The van der Waals surface area contributed by atoms with Crippen molar-refractivity contribution in [3.8, 4) is 0 Å². The van der Waals surface area contributed by atoms with Crippen molar-refractivity contribution in [2.45, 2.75) is 45.4 Å². The third kappa shape index (κ3) is 7.53. The maximum Gasteiger partial charge on any atom is 0.409 e. The Balaban J connectivity index is 1.55. The fourth-order valence-corrected chi connectivity index (χ4v) is 3.74. The van der Waals surface area contributed by atoms with Gasteiger partial charge in [-0.3, -0.25) is 14.6 Å². The summed E-state index contributed by atoms with van der Waals surface area (Å²) < 4.78 is 5.15. The third-order valence-electron chi connectivity index (χ3n) is 5.33. The molecule has 1 aromatic rings. The van der Waals surface area contributed by atoms with Crippen LogP contribution in [0.25, 0.3) is 0 Å². The molecule has 11 heteroatoms. The van der Waals surface area contributed by atoms with Gasteiger partial charge in [0.1, 0.15) is 11.8 Å². The van der Waals surface area contributed by atoms with E-state index in [1.54, 1.807) is 32.9 Å². The molecular formula is C23H34N6O5. The number of hydrogen-bond donors (Lipinski definition) is 4. The Bertz CT molecular complexity index is 903. The largest absolute Gasteiger partial charge is 0.481 e. The van der Waals surface area contributed by atoms with Gasteiger partial charge in [0.15, 0.2) is 5.96 Å². The number of guanidine groups is 1. The zero-order valence-electron chi connectivity index (χ0n) is 20.0. The van der Waals surface area contributed by atoms with Crippen molar-refractivity contribution >= 4 is 29.6 Å². The van der Waals surface area contributed by atoms with Crippen LogP contribution in [-0.2, 0) is 9.53 Å². The second kappa shape index (κ2) is 11.1. The Hall–Kier alpha value is -3.50. The number of rotatable bonds is 6. The number of nitrogens with one attached hydrogen (secondary N) is 3. The van der Waals surface area contributed by atoms with Crippen LogP contribution in [-0.4, -0.2) is 85.0 Å². The maximum atomic E-state index is 12.7. The van der Waals surface area contributed by atoms with E-state index in [1.165, 1.54) is 0 Å². The summed E-state index contributed by atoms with van der Waals surface area (Å²) in [5, 5.41) is 17.4. The first-order valence-corrected chi connectivity index (χ1v) is 11.5. The summed E-state index contributed by atoms with van der Waals surface area (Å²) in [6, 6.07) is 7.12. The topological polar surface area (TPSA) is 136 Å². The van der Waals surface area contributed by atoms with Crippen LogP contribution in [0.4, 0.5) is 10.5 Å². The summed E-state index contributed by atoms with van der Waals surface area (Å²) in [7, 11) is 0. The van der Waals surface area contributed by atoms with Crippen LogP contribution < -0.4 is 20.9 Å². The molecule has 0 saturated carbocycles. The number of nitrogens with zero attached hydrogens (tertiary/aromatic N) is 3. The van der Waals surface area contributed by atoms with Crippen LogP contribution in [0.15, 0.2) is 29.3 Å². The van der Waals surface area contributed by atoms with E-state index in [1.807, 2.05) is 12.1 Å². The molecule has 2 amide bonds. The monoisotopic (exact) mass is 474 g/mol. The number of ether oxygens (including phenoxy) is 1. The molecule has 0 radical (unpaired) electrons. The summed E-state index contributed by atoms with van der Waals surface area (Å²) >= 11 is 0. The molecule has 11 nitrogen and oxygen atoms in total. The Morgan fingerprint density at radius 3 is 2.29 bits per heavy atom. The summed E-state index contributed by atoms with van der Waals surface area (Å²) in [5.41, 5.74) is 0.622. The number of aliphatic imine (C=N–C) groups is 1. The average Bonchev–Trinajstić information content (AvgIpc) is 2.78. The first-order valence-electron chi connectivity index (χ1n) is 11.5. The minimum Gasteiger partial charge on any atom is -0.481 e. The minimum absolute atomic E-state index is 0.365. The van der Waals surface area contributed by atoms with Crippen molar-refractivity contribution in [2.75, 3.05) is 44.2 Å². The molecular weight excluding hydrogens is 440 g/mol. The molecule has 1 aromatic carbocycles. The summed E-state index contributed by atoms with van der Waals surface area (Å²) in [5.74, 6) is -0.667. The molecule has 0 aromatic heterocycles. The zero-order valence-corrected chi connectivity index (χ0v) is 20.0. The number of hydrogen-bond acceptors (Lipinski definition) is 8. The van der Waals surface area contributed by atoms with E-state index < -0.39 is 36.2 Å². The van der Waals surface area contributed by atoms with E-state index in [2.05, 4.69) is 30.7 Å². The number of carboxylic acid groups (broad SMARTS) is 1. The van der Waals surface area contributed by atoms with Gasteiger partial charge in [0.05, 0.1) is 6.42 Å². The first kappa shape index (κ1) is 25.1. The normalized spacial score (nSPS) is 17.2. The molecule has 0 bridgehead atoms. The van der Waals surface area contributed by atoms with Gasteiger partial charge in [-0.05, 0) is 51.5 Å². The van der Waals surface area contributed by atoms with Gasteiger partial charge in [0.2, 0.25) is 0 Å². The highest BCUT2D eigenvalue weighted by molar-refractivity contribution is 5.95. The number of carbonyl (C=O) groups excluding carboxylic acids is 2. The van der Waals surface area contributed by atoms with E-state index in [9.17, 15) is 14.4 Å². The highest BCUT2D eigenvalue weighted by atomic mass is 16.6. The summed E-state index contributed by atoms with van der Waals surface area (Å²) in [6.07, 6.45) is -1.32.